The Hall–Kier alpha value is -2.29. The topological polar surface area (TPSA) is 38.0 Å². The molecule has 1 aromatic heterocycles. The van der Waals surface area contributed by atoms with Crippen molar-refractivity contribution in [2.45, 2.75) is 32.2 Å². The number of phenols is 1. The minimum absolute atomic E-state index is 0.325. The molecule has 1 atom stereocenters. The van der Waals surface area contributed by atoms with Gasteiger partial charge in [0.1, 0.15) is 17.1 Å². The Morgan fingerprint density at radius 1 is 1.14 bits per heavy atom. The van der Waals surface area contributed by atoms with E-state index in [2.05, 4.69) is 41.0 Å². The predicted octanol–water partition coefficient (Wildman–Crippen LogP) is 3.78. The van der Waals surface area contributed by atoms with E-state index in [9.17, 15) is 5.11 Å². The fourth-order valence-corrected chi connectivity index (χ4v) is 3.35. The van der Waals surface area contributed by atoms with Gasteiger partial charge in [-0.3, -0.25) is 0 Å². The van der Waals surface area contributed by atoms with Crippen LogP contribution in [0.2, 0.25) is 0 Å². The number of imidazole rings is 1. The highest BCUT2D eigenvalue weighted by atomic mass is 16.3. The third-order valence-corrected chi connectivity index (χ3v) is 4.58. The number of rotatable bonds is 1. The lowest BCUT2D eigenvalue weighted by molar-refractivity contribution is 0.473. The zero-order chi connectivity index (χ0) is 14.4. The van der Waals surface area contributed by atoms with Crippen LogP contribution in [0.15, 0.2) is 42.5 Å². The van der Waals surface area contributed by atoms with Gasteiger partial charge < -0.3 is 9.67 Å². The normalized spacial score (nSPS) is 17.9. The highest BCUT2D eigenvalue weighted by Crippen LogP contribution is 2.34. The van der Waals surface area contributed by atoms with Crippen LogP contribution >= 0.6 is 0 Å². The lowest BCUT2D eigenvalue weighted by atomic mass is 9.90. The van der Waals surface area contributed by atoms with E-state index >= 15 is 0 Å². The van der Waals surface area contributed by atoms with Gasteiger partial charge >= 0.3 is 0 Å². The molecule has 1 aliphatic rings. The summed E-state index contributed by atoms with van der Waals surface area (Å²) in [5.41, 5.74) is 4.08. The number of aromatic nitrogens is 2. The van der Waals surface area contributed by atoms with Crippen molar-refractivity contribution >= 4 is 11.0 Å². The van der Waals surface area contributed by atoms with Crippen molar-refractivity contribution in [1.29, 1.82) is 0 Å². The predicted molar refractivity (Wildman–Crippen MR) is 83.6 cm³/mol. The summed E-state index contributed by atoms with van der Waals surface area (Å²) < 4.78 is 2.26. The van der Waals surface area contributed by atoms with Crippen molar-refractivity contribution in [1.82, 2.24) is 9.55 Å². The van der Waals surface area contributed by atoms with Gasteiger partial charge in [-0.25, -0.2) is 4.98 Å². The van der Waals surface area contributed by atoms with E-state index in [1.807, 2.05) is 13.0 Å². The molecular weight excluding hydrogens is 260 g/mol. The lowest BCUT2D eigenvalue weighted by Gasteiger charge is -2.24. The molecule has 3 nitrogen and oxygen atoms in total. The van der Waals surface area contributed by atoms with Gasteiger partial charge in [0.25, 0.3) is 0 Å². The Bertz CT molecular complexity index is 805. The summed E-state index contributed by atoms with van der Waals surface area (Å²) in [6.07, 6.45) is 2.06. The number of phenolic OH excluding ortho intramolecular Hbond substituents is 1. The molecule has 0 saturated heterocycles. The zero-order valence-corrected chi connectivity index (χ0v) is 12.1. The van der Waals surface area contributed by atoms with Crippen LogP contribution in [0.3, 0.4) is 0 Å². The quantitative estimate of drug-likeness (QED) is 0.735. The third-order valence-electron chi connectivity index (χ3n) is 4.58. The highest BCUT2D eigenvalue weighted by Gasteiger charge is 2.24. The van der Waals surface area contributed by atoms with Gasteiger partial charge in [-0.2, -0.15) is 0 Å². The maximum absolute atomic E-state index is 10.2. The average Bonchev–Trinajstić information content (AvgIpc) is 2.90. The molecule has 0 aliphatic carbocycles. The van der Waals surface area contributed by atoms with Crippen LogP contribution in [0.25, 0.3) is 11.0 Å². The molecule has 2 heterocycles. The first-order chi connectivity index (χ1) is 10.2. The second-order valence-electron chi connectivity index (χ2n) is 5.88. The third kappa shape index (κ3) is 1.92. The first kappa shape index (κ1) is 12.5. The van der Waals surface area contributed by atoms with Crippen molar-refractivity contribution in [3.8, 4) is 5.75 Å². The molecule has 0 radical (unpaired) electrons. The van der Waals surface area contributed by atoms with Crippen molar-refractivity contribution in [3.05, 3.63) is 59.4 Å². The number of nitrogens with zero attached hydrogens (tertiary/aromatic N) is 2. The Kier molecular flexibility index (Phi) is 2.74. The Morgan fingerprint density at radius 2 is 1.95 bits per heavy atom. The van der Waals surface area contributed by atoms with Gasteiger partial charge in [0, 0.05) is 13.0 Å². The molecule has 106 valence electrons. The van der Waals surface area contributed by atoms with Crippen LogP contribution in [0, 0.1) is 6.92 Å². The second-order valence-corrected chi connectivity index (χ2v) is 5.88. The first-order valence-electron chi connectivity index (χ1n) is 7.46. The van der Waals surface area contributed by atoms with Gasteiger partial charge in [0.2, 0.25) is 0 Å². The summed E-state index contributed by atoms with van der Waals surface area (Å²) >= 11 is 0. The van der Waals surface area contributed by atoms with Crippen LogP contribution in [0.5, 0.6) is 5.75 Å². The summed E-state index contributed by atoms with van der Waals surface area (Å²) in [7, 11) is 0. The first-order valence-corrected chi connectivity index (χ1v) is 7.46. The molecule has 0 saturated carbocycles. The molecule has 0 spiro atoms. The van der Waals surface area contributed by atoms with Crippen LogP contribution in [-0.2, 0) is 13.0 Å². The summed E-state index contributed by atoms with van der Waals surface area (Å²) in [6, 6.07) is 14.7. The molecule has 0 fully saturated rings. The maximum atomic E-state index is 10.2. The maximum Gasteiger partial charge on any atom is 0.146 e. The highest BCUT2D eigenvalue weighted by molar-refractivity contribution is 5.83. The number of hydrogen-bond donors (Lipinski definition) is 1. The molecule has 21 heavy (non-hydrogen) atoms. The number of fused-ring (bicyclic) bond motifs is 3. The van der Waals surface area contributed by atoms with E-state index < -0.39 is 0 Å². The molecule has 4 rings (SSSR count). The van der Waals surface area contributed by atoms with Gasteiger partial charge in [-0.15, -0.1) is 0 Å². The molecule has 3 aromatic rings. The summed E-state index contributed by atoms with van der Waals surface area (Å²) in [5.74, 6) is 1.94. The molecule has 1 unspecified atom stereocenters. The molecule has 2 aromatic carbocycles. The minimum Gasteiger partial charge on any atom is -0.505 e. The number of aromatic hydroxyl groups is 1. The average molecular weight is 278 g/mol. The van der Waals surface area contributed by atoms with E-state index in [1.165, 1.54) is 5.56 Å². The van der Waals surface area contributed by atoms with Crippen LogP contribution in [-0.4, -0.2) is 14.7 Å². The Labute approximate surface area is 123 Å². The van der Waals surface area contributed by atoms with E-state index in [0.717, 1.165) is 41.8 Å². The minimum atomic E-state index is 0.325. The van der Waals surface area contributed by atoms with Crippen molar-refractivity contribution in [2.24, 2.45) is 0 Å². The van der Waals surface area contributed by atoms with E-state index in [4.69, 9.17) is 4.98 Å². The SMILES string of the molecule is Cc1ccc2c(nc3n2CCC(c2ccccc2)C3)c1O. The zero-order valence-electron chi connectivity index (χ0n) is 12.1. The Morgan fingerprint density at radius 3 is 2.76 bits per heavy atom. The molecule has 1 N–H and O–H groups in total. The fraction of sp³-hybridized carbons (Fsp3) is 0.278. The largest absolute Gasteiger partial charge is 0.505 e. The lowest BCUT2D eigenvalue weighted by Crippen LogP contribution is -2.18. The Balaban J connectivity index is 1.78. The van der Waals surface area contributed by atoms with Gasteiger partial charge in [0.15, 0.2) is 0 Å². The van der Waals surface area contributed by atoms with Crippen LogP contribution in [0.4, 0.5) is 0 Å². The fourth-order valence-electron chi connectivity index (χ4n) is 3.35. The summed E-state index contributed by atoms with van der Waals surface area (Å²) in [6.45, 7) is 2.88. The van der Waals surface area contributed by atoms with Gasteiger partial charge in [-0.1, -0.05) is 36.4 Å². The van der Waals surface area contributed by atoms with Gasteiger partial charge in [-0.05, 0) is 36.5 Å². The van der Waals surface area contributed by atoms with Crippen LogP contribution < -0.4 is 0 Å². The van der Waals surface area contributed by atoms with Gasteiger partial charge in [0.05, 0.1) is 5.52 Å². The second kappa shape index (κ2) is 4.62. The van der Waals surface area contributed by atoms with Crippen molar-refractivity contribution in [3.63, 3.8) is 0 Å². The number of hydrogen-bond acceptors (Lipinski definition) is 2. The monoisotopic (exact) mass is 278 g/mol. The molecule has 3 heteroatoms. The molecule has 1 aliphatic heterocycles. The smallest absolute Gasteiger partial charge is 0.146 e. The number of benzene rings is 2. The standard InChI is InChI=1S/C18H18N2O/c1-12-7-8-15-17(18(12)21)19-16-11-14(9-10-20(15)16)13-5-3-2-4-6-13/h2-8,14,21H,9-11H2,1H3. The summed E-state index contributed by atoms with van der Waals surface area (Å²) in [4.78, 5) is 4.70. The van der Waals surface area contributed by atoms with E-state index in [-0.39, 0.29) is 0 Å². The van der Waals surface area contributed by atoms with Crippen molar-refractivity contribution in [2.75, 3.05) is 0 Å². The molecular formula is C18H18N2O. The molecule has 0 amide bonds. The van der Waals surface area contributed by atoms with Crippen molar-refractivity contribution < 1.29 is 5.11 Å². The number of aryl methyl sites for hydroxylation is 2. The van der Waals surface area contributed by atoms with E-state index in [1.54, 1.807) is 0 Å². The molecule has 0 bridgehead atoms. The van der Waals surface area contributed by atoms with Crippen LogP contribution in [0.1, 0.15) is 29.3 Å². The summed E-state index contributed by atoms with van der Waals surface area (Å²) in [5, 5.41) is 10.2. The van der Waals surface area contributed by atoms with E-state index in [0.29, 0.717) is 11.7 Å².